The smallest absolute Gasteiger partial charge is 0.407 e. The molecule has 3 atom stereocenters. The highest BCUT2D eigenvalue weighted by Crippen LogP contribution is 2.40. The summed E-state index contributed by atoms with van der Waals surface area (Å²) >= 11 is 1.47. The van der Waals surface area contributed by atoms with Gasteiger partial charge in [-0.15, -0.1) is 11.8 Å². The van der Waals surface area contributed by atoms with Crippen LogP contribution in [0.2, 0.25) is 0 Å². The molecule has 9 heteroatoms. The second kappa shape index (κ2) is 12.5. The second-order valence-corrected chi connectivity index (χ2v) is 11.7. The number of carbonyl (C=O) groups is 3. The molecule has 1 aliphatic rings. The molecule has 3 N–H and O–H groups in total. The van der Waals surface area contributed by atoms with E-state index < -0.39 is 34.9 Å². The van der Waals surface area contributed by atoms with Crippen molar-refractivity contribution in [2.45, 2.75) is 76.6 Å². The molecule has 200 valence electrons. The quantitative estimate of drug-likeness (QED) is 0.461. The van der Waals surface area contributed by atoms with Gasteiger partial charge in [-0.1, -0.05) is 54.6 Å². The van der Waals surface area contributed by atoms with E-state index >= 15 is 0 Å². The highest BCUT2D eigenvalue weighted by Gasteiger charge is 2.49. The predicted octanol–water partition coefficient (Wildman–Crippen LogP) is 3.40. The molecule has 0 aliphatic carbocycles. The Morgan fingerprint density at radius 3 is 2.41 bits per heavy atom. The van der Waals surface area contributed by atoms with E-state index in [4.69, 9.17) is 4.74 Å². The molecule has 1 aliphatic heterocycles. The van der Waals surface area contributed by atoms with E-state index in [0.717, 1.165) is 16.7 Å². The van der Waals surface area contributed by atoms with Crippen LogP contribution in [-0.2, 0) is 27.3 Å². The van der Waals surface area contributed by atoms with Gasteiger partial charge in [-0.3, -0.25) is 9.59 Å². The molecule has 1 fully saturated rings. The van der Waals surface area contributed by atoms with Gasteiger partial charge in [0.25, 0.3) is 5.91 Å². The van der Waals surface area contributed by atoms with Crippen LogP contribution in [0.1, 0.15) is 44.4 Å². The fraction of sp³-hybridized carbons (Fsp3) is 0.464. The third-order valence-corrected chi connectivity index (χ3v) is 7.74. The summed E-state index contributed by atoms with van der Waals surface area (Å²) in [5.74, 6) is -0.648. The lowest BCUT2D eigenvalue weighted by Gasteiger charge is -2.33. The van der Waals surface area contributed by atoms with Crippen LogP contribution >= 0.6 is 11.8 Å². The van der Waals surface area contributed by atoms with Gasteiger partial charge in [0.05, 0.1) is 18.0 Å². The number of amides is 3. The Labute approximate surface area is 223 Å². The van der Waals surface area contributed by atoms with E-state index in [1.165, 1.54) is 16.7 Å². The molecule has 0 radical (unpaired) electrons. The third kappa shape index (κ3) is 7.49. The first-order valence-corrected chi connectivity index (χ1v) is 13.4. The van der Waals surface area contributed by atoms with Gasteiger partial charge in [0.15, 0.2) is 6.10 Å². The largest absolute Gasteiger partial charge is 0.447 e. The van der Waals surface area contributed by atoms with Gasteiger partial charge in [0.2, 0.25) is 5.91 Å². The van der Waals surface area contributed by atoms with E-state index in [-0.39, 0.29) is 24.3 Å². The number of thioether (sulfide) groups is 1. The summed E-state index contributed by atoms with van der Waals surface area (Å²) in [5, 5.41) is 16.8. The fourth-order valence-corrected chi connectivity index (χ4v) is 5.49. The Bertz CT molecular complexity index is 1090. The molecule has 0 aromatic heterocycles. The Balaban J connectivity index is 1.78. The normalized spacial score (nSPS) is 18.2. The highest BCUT2D eigenvalue weighted by molar-refractivity contribution is 8.00. The zero-order valence-corrected chi connectivity index (χ0v) is 22.9. The van der Waals surface area contributed by atoms with Crippen LogP contribution in [0.5, 0.6) is 0 Å². The summed E-state index contributed by atoms with van der Waals surface area (Å²) in [5.41, 5.74) is 2.90. The maximum Gasteiger partial charge on any atom is 0.407 e. The first-order valence-electron chi connectivity index (χ1n) is 12.5. The fourth-order valence-electron chi connectivity index (χ4n) is 4.35. The average Bonchev–Trinajstić information content (AvgIpc) is 3.17. The molecule has 8 nitrogen and oxygen atoms in total. The molecule has 0 unspecified atom stereocenters. The number of aliphatic hydroxyl groups is 1. The van der Waals surface area contributed by atoms with Gasteiger partial charge in [0, 0.05) is 11.3 Å². The van der Waals surface area contributed by atoms with Crippen LogP contribution in [0.25, 0.3) is 0 Å². The van der Waals surface area contributed by atoms with E-state index in [1.54, 1.807) is 13.8 Å². The summed E-state index contributed by atoms with van der Waals surface area (Å²) in [4.78, 5) is 40.8. The van der Waals surface area contributed by atoms with Crippen LogP contribution in [-0.4, -0.2) is 62.8 Å². The minimum absolute atomic E-state index is 0.218. The standard InChI is InChI=1S/C28H37N3O5S/c1-18(2)36-27(35)30-22(15-20-12-7-6-8-13-20)23(32)26(34)31-17-37-28(4,5)24(31)25(33)29-16-21-14-10-9-11-19(21)3/h6-14,18,22-24,32H,15-17H2,1-5H3,(H,29,33)(H,30,35)/t22-,23-,24-/m0/s1. The minimum Gasteiger partial charge on any atom is -0.447 e. The Hall–Kier alpha value is -3.04. The summed E-state index contributed by atoms with van der Waals surface area (Å²) < 4.78 is 4.63. The molecule has 0 saturated carbocycles. The maximum absolute atomic E-state index is 13.6. The summed E-state index contributed by atoms with van der Waals surface area (Å²) in [6.45, 7) is 9.58. The molecule has 37 heavy (non-hydrogen) atoms. The number of rotatable bonds is 9. The zero-order valence-electron chi connectivity index (χ0n) is 22.1. The molecule has 0 bridgehead atoms. The van der Waals surface area contributed by atoms with Crippen LogP contribution in [0, 0.1) is 6.92 Å². The van der Waals surface area contributed by atoms with Crippen LogP contribution in [0.3, 0.4) is 0 Å². The van der Waals surface area contributed by atoms with Gasteiger partial charge in [-0.25, -0.2) is 4.79 Å². The number of benzene rings is 2. The van der Waals surface area contributed by atoms with Gasteiger partial charge in [-0.05, 0) is 57.7 Å². The number of alkyl carbamates (subject to hydrolysis) is 1. The van der Waals surface area contributed by atoms with Gasteiger partial charge in [-0.2, -0.15) is 0 Å². The van der Waals surface area contributed by atoms with Crippen molar-refractivity contribution in [3.05, 3.63) is 71.3 Å². The maximum atomic E-state index is 13.6. The molecule has 0 spiro atoms. The number of nitrogens with one attached hydrogen (secondary N) is 2. The second-order valence-electron chi connectivity index (χ2n) is 10.1. The average molecular weight is 528 g/mol. The highest BCUT2D eigenvalue weighted by atomic mass is 32.2. The Morgan fingerprint density at radius 2 is 1.76 bits per heavy atom. The number of hydrogen-bond acceptors (Lipinski definition) is 6. The van der Waals surface area contributed by atoms with Crippen molar-refractivity contribution >= 4 is 29.7 Å². The van der Waals surface area contributed by atoms with Crippen molar-refractivity contribution in [1.82, 2.24) is 15.5 Å². The molecule has 1 heterocycles. The van der Waals surface area contributed by atoms with Crippen LogP contribution in [0.4, 0.5) is 4.79 Å². The van der Waals surface area contributed by atoms with Gasteiger partial charge in [0.1, 0.15) is 6.04 Å². The molecule has 1 saturated heterocycles. The number of carbonyl (C=O) groups excluding carboxylic acids is 3. The molecule has 3 amide bonds. The number of ether oxygens (including phenoxy) is 1. The van der Waals surface area contributed by atoms with Crippen molar-refractivity contribution in [3.8, 4) is 0 Å². The SMILES string of the molecule is Cc1ccccc1CNC(=O)[C@@H]1N(C(=O)[C@@H](O)[C@H](Cc2ccccc2)NC(=O)OC(C)C)CSC1(C)C. The lowest BCUT2D eigenvalue weighted by Crippen LogP contribution is -2.58. The lowest BCUT2D eigenvalue weighted by molar-refractivity contribution is -0.147. The predicted molar refractivity (Wildman–Crippen MR) is 145 cm³/mol. The number of aliphatic hydroxyl groups excluding tert-OH is 1. The zero-order chi connectivity index (χ0) is 27.2. The van der Waals surface area contributed by atoms with E-state index in [0.29, 0.717) is 6.54 Å². The van der Waals surface area contributed by atoms with Crippen molar-refractivity contribution in [2.75, 3.05) is 5.88 Å². The van der Waals surface area contributed by atoms with Crippen LogP contribution < -0.4 is 10.6 Å². The Morgan fingerprint density at radius 1 is 1.11 bits per heavy atom. The lowest BCUT2D eigenvalue weighted by atomic mass is 9.97. The van der Waals surface area contributed by atoms with Crippen molar-refractivity contribution < 1.29 is 24.2 Å². The molecule has 2 aromatic rings. The summed E-state index contributed by atoms with van der Waals surface area (Å²) in [6.07, 6.45) is -2.43. The van der Waals surface area contributed by atoms with Crippen molar-refractivity contribution in [2.24, 2.45) is 0 Å². The molecular weight excluding hydrogens is 490 g/mol. The number of nitrogens with zero attached hydrogens (tertiary/aromatic N) is 1. The van der Waals surface area contributed by atoms with E-state index in [2.05, 4.69) is 10.6 Å². The monoisotopic (exact) mass is 527 g/mol. The van der Waals surface area contributed by atoms with Crippen molar-refractivity contribution in [3.63, 3.8) is 0 Å². The van der Waals surface area contributed by atoms with E-state index in [9.17, 15) is 19.5 Å². The number of hydrogen-bond donors (Lipinski definition) is 3. The minimum atomic E-state index is -1.57. The molecule has 3 rings (SSSR count). The van der Waals surface area contributed by atoms with Crippen LogP contribution in [0.15, 0.2) is 54.6 Å². The van der Waals surface area contributed by atoms with Crippen molar-refractivity contribution in [1.29, 1.82) is 0 Å². The molecular formula is C28H37N3O5S. The third-order valence-electron chi connectivity index (χ3n) is 6.37. The van der Waals surface area contributed by atoms with E-state index in [1.807, 2.05) is 75.4 Å². The first-order chi connectivity index (χ1) is 17.5. The summed E-state index contributed by atoms with van der Waals surface area (Å²) in [6, 6.07) is 15.3. The summed E-state index contributed by atoms with van der Waals surface area (Å²) in [7, 11) is 0. The Kier molecular flexibility index (Phi) is 9.62. The van der Waals surface area contributed by atoms with Gasteiger partial charge < -0.3 is 25.4 Å². The number of aryl methyl sites for hydroxylation is 1. The molecule has 2 aromatic carbocycles. The topological polar surface area (TPSA) is 108 Å². The first kappa shape index (κ1) is 28.5. The van der Waals surface area contributed by atoms with Gasteiger partial charge >= 0.3 is 6.09 Å².